The van der Waals surface area contributed by atoms with E-state index in [1.54, 1.807) is 12.1 Å². The Kier molecular flexibility index (Phi) is 4.01. The largest absolute Gasteiger partial charge is 0.507 e. The van der Waals surface area contributed by atoms with Crippen LogP contribution in [-0.2, 0) is 10.8 Å². The highest BCUT2D eigenvalue weighted by atomic mass is 19.1. The highest BCUT2D eigenvalue weighted by Gasteiger charge is 2.33. The Morgan fingerprint density at radius 2 is 1.50 bits per heavy atom. The summed E-state index contributed by atoms with van der Waals surface area (Å²) in [7, 11) is 0. The second-order valence-electron chi connectivity index (χ2n) is 8.23. The van der Waals surface area contributed by atoms with E-state index in [1.165, 1.54) is 4.90 Å². The third kappa shape index (κ3) is 3.11. The molecule has 3 nitrogen and oxygen atoms in total. The van der Waals surface area contributed by atoms with E-state index in [0.29, 0.717) is 5.56 Å². The standard InChI is InChI=1S/C18H26FNO2/c1-17(2,3)13-7-11(16(22)20-9-12(19)10-20)8-14(15(13)21)18(4,5)6/h7-8,12,21H,9-10H2,1-6H3. The van der Waals surface area contributed by atoms with Crippen LogP contribution in [0.25, 0.3) is 0 Å². The van der Waals surface area contributed by atoms with E-state index < -0.39 is 6.17 Å². The molecule has 0 aromatic heterocycles. The molecule has 1 aliphatic rings. The molecule has 1 N–H and O–H groups in total. The Labute approximate surface area is 132 Å². The maximum atomic E-state index is 13.0. The molecule has 0 unspecified atom stereocenters. The first-order valence-corrected chi connectivity index (χ1v) is 7.72. The highest BCUT2D eigenvalue weighted by Crippen LogP contribution is 2.40. The molecule has 1 heterocycles. The number of nitrogens with zero attached hydrogens (tertiary/aromatic N) is 1. The maximum absolute atomic E-state index is 13.0. The smallest absolute Gasteiger partial charge is 0.254 e. The van der Waals surface area contributed by atoms with Gasteiger partial charge in [0.25, 0.3) is 5.91 Å². The number of amides is 1. The molecule has 1 fully saturated rings. The number of hydrogen-bond acceptors (Lipinski definition) is 2. The van der Waals surface area contributed by atoms with Gasteiger partial charge in [-0.2, -0.15) is 0 Å². The zero-order valence-corrected chi connectivity index (χ0v) is 14.3. The van der Waals surface area contributed by atoms with Crippen LogP contribution < -0.4 is 0 Å². The zero-order chi connectivity index (χ0) is 16.9. The summed E-state index contributed by atoms with van der Waals surface area (Å²) >= 11 is 0. The number of phenols is 1. The van der Waals surface area contributed by atoms with Crippen molar-refractivity contribution in [2.24, 2.45) is 0 Å². The average Bonchev–Trinajstić information content (AvgIpc) is 2.31. The first-order chi connectivity index (χ1) is 9.91. The summed E-state index contributed by atoms with van der Waals surface area (Å²) in [5, 5.41) is 10.6. The van der Waals surface area contributed by atoms with Gasteiger partial charge in [0.05, 0.1) is 13.1 Å². The van der Waals surface area contributed by atoms with Gasteiger partial charge in [-0.25, -0.2) is 4.39 Å². The van der Waals surface area contributed by atoms with Gasteiger partial charge in [0, 0.05) is 16.7 Å². The molecule has 0 spiro atoms. The van der Waals surface area contributed by atoms with Crippen molar-refractivity contribution >= 4 is 5.91 Å². The van der Waals surface area contributed by atoms with E-state index in [-0.39, 0.29) is 35.6 Å². The number of hydrogen-bond donors (Lipinski definition) is 1. The lowest BCUT2D eigenvalue weighted by molar-refractivity contribution is 0.0400. The minimum absolute atomic E-state index is 0.162. The fourth-order valence-electron chi connectivity index (χ4n) is 2.67. The van der Waals surface area contributed by atoms with Crippen molar-refractivity contribution in [1.82, 2.24) is 4.90 Å². The van der Waals surface area contributed by atoms with Gasteiger partial charge in [-0.05, 0) is 23.0 Å². The molecule has 1 saturated heterocycles. The quantitative estimate of drug-likeness (QED) is 0.857. The van der Waals surface area contributed by atoms with Crippen LogP contribution in [0.3, 0.4) is 0 Å². The molecule has 1 aliphatic heterocycles. The number of rotatable bonds is 1. The van der Waals surface area contributed by atoms with Gasteiger partial charge >= 0.3 is 0 Å². The molecule has 0 saturated carbocycles. The average molecular weight is 307 g/mol. The second-order valence-corrected chi connectivity index (χ2v) is 8.23. The topological polar surface area (TPSA) is 40.5 Å². The van der Waals surface area contributed by atoms with Gasteiger partial charge in [-0.1, -0.05) is 41.5 Å². The van der Waals surface area contributed by atoms with Gasteiger partial charge in [0.15, 0.2) is 0 Å². The van der Waals surface area contributed by atoms with E-state index in [0.717, 1.165) is 11.1 Å². The molecule has 0 aliphatic carbocycles. The normalized spacial score (nSPS) is 16.6. The molecule has 0 radical (unpaired) electrons. The summed E-state index contributed by atoms with van der Waals surface area (Å²) in [6.07, 6.45) is -0.912. The predicted molar refractivity (Wildman–Crippen MR) is 86.3 cm³/mol. The summed E-state index contributed by atoms with van der Waals surface area (Å²) in [5.74, 6) is 0.0911. The van der Waals surface area contributed by atoms with E-state index in [1.807, 2.05) is 41.5 Å². The fourth-order valence-corrected chi connectivity index (χ4v) is 2.67. The van der Waals surface area contributed by atoms with Crippen molar-refractivity contribution in [2.75, 3.05) is 13.1 Å². The van der Waals surface area contributed by atoms with E-state index in [9.17, 15) is 14.3 Å². The Balaban J connectivity index is 2.53. The molecule has 0 atom stereocenters. The minimum atomic E-state index is -0.912. The van der Waals surface area contributed by atoms with Crippen molar-refractivity contribution in [3.63, 3.8) is 0 Å². The first-order valence-electron chi connectivity index (χ1n) is 7.72. The van der Waals surface area contributed by atoms with Crippen LogP contribution in [0, 0.1) is 0 Å². The molecule has 2 rings (SSSR count). The zero-order valence-electron chi connectivity index (χ0n) is 14.3. The van der Waals surface area contributed by atoms with E-state index in [2.05, 4.69) is 0 Å². The Morgan fingerprint density at radius 1 is 1.09 bits per heavy atom. The maximum Gasteiger partial charge on any atom is 0.254 e. The summed E-state index contributed by atoms with van der Waals surface area (Å²) < 4.78 is 13.0. The lowest BCUT2D eigenvalue weighted by Crippen LogP contribution is -2.51. The fraction of sp³-hybridized carbons (Fsp3) is 0.611. The third-order valence-electron chi connectivity index (χ3n) is 4.10. The predicted octanol–water partition coefficient (Wildman–Crippen LogP) is 3.78. The van der Waals surface area contributed by atoms with Crippen LogP contribution in [-0.4, -0.2) is 35.2 Å². The number of carbonyl (C=O) groups is 1. The molecule has 0 bridgehead atoms. The van der Waals surface area contributed by atoms with Gasteiger partial charge in [0.1, 0.15) is 11.9 Å². The summed E-state index contributed by atoms with van der Waals surface area (Å²) in [4.78, 5) is 14.0. The monoisotopic (exact) mass is 307 g/mol. The van der Waals surface area contributed by atoms with Crippen LogP contribution in [0.1, 0.15) is 63.0 Å². The molecule has 22 heavy (non-hydrogen) atoms. The Morgan fingerprint density at radius 3 is 1.82 bits per heavy atom. The molecular formula is C18H26FNO2. The number of carbonyl (C=O) groups excluding carboxylic acids is 1. The number of benzene rings is 1. The van der Waals surface area contributed by atoms with Crippen molar-refractivity contribution in [3.05, 3.63) is 28.8 Å². The van der Waals surface area contributed by atoms with Crippen LogP contribution in [0.2, 0.25) is 0 Å². The number of alkyl halides is 1. The van der Waals surface area contributed by atoms with Crippen LogP contribution >= 0.6 is 0 Å². The number of likely N-dealkylation sites (tertiary alicyclic amines) is 1. The van der Waals surface area contributed by atoms with Gasteiger partial charge < -0.3 is 10.0 Å². The van der Waals surface area contributed by atoms with Crippen LogP contribution in [0.4, 0.5) is 4.39 Å². The SMILES string of the molecule is CC(C)(C)c1cc(C(=O)N2CC(F)C2)cc(C(C)(C)C)c1O. The van der Waals surface area contributed by atoms with Crippen molar-refractivity contribution in [1.29, 1.82) is 0 Å². The third-order valence-corrected chi connectivity index (χ3v) is 4.10. The molecule has 1 aromatic rings. The summed E-state index contributed by atoms with van der Waals surface area (Å²) in [5.41, 5.74) is 1.47. The van der Waals surface area contributed by atoms with Crippen LogP contribution in [0.15, 0.2) is 12.1 Å². The number of aromatic hydroxyl groups is 1. The lowest BCUT2D eigenvalue weighted by atomic mass is 9.78. The Bertz CT molecular complexity index is 555. The molecule has 1 amide bonds. The highest BCUT2D eigenvalue weighted by molar-refractivity contribution is 5.95. The first kappa shape index (κ1) is 16.8. The van der Waals surface area contributed by atoms with Crippen LogP contribution in [0.5, 0.6) is 5.75 Å². The van der Waals surface area contributed by atoms with Crippen molar-refractivity contribution in [3.8, 4) is 5.75 Å². The minimum Gasteiger partial charge on any atom is -0.507 e. The van der Waals surface area contributed by atoms with Gasteiger partial charge in [-0.15, -0.1) is 0 Å². The Hall–Kier alpha value is -1.58. The molecule has 122 valence electrons. The summed E-state index contributed by atoms with van der Waals surface area (Å²) in [6, 6.07) is 3.50. The molecular weight excluding hydrogens is 281 g/mol. The van der Waals surface area contributed by atoms with E-state index in [4.69, 9.17) is 0 Å². The van der Waals surface area contributed by atoms with Crippen molar-refractivity contribution in [2.45, 2.75) is 58.5 Å². The molecule has 4 heteroatoms. The number of phenolic OH excluding ortho intramolecular Hbond substituents is 1. The van der Waals surface area contributed by atoms with Gasteiger partial charge in [0.2, 0.25) is 0 Å². The second kappa shape index (κ2) is 5.25. The van der Waals surface area contributed by atoms with E-state index >= 15 is 0 Å². The molecule has 1 aromatic carbocycles. The van der Waals surface area contributed by atoms with Gasteiger partial charge in [-0.3, -0.25) is 4.79 Å². The summed E-state index contributed by atoms with van der Waals surface area (Å²) in [6.45, 7) is 12.3. The van der Waals surface area contributed by atoms with Crippen molar-refractivity contribution < 1.29 is 14.3 Å². The number of halogens is 1. The lowest BCUT2D eigenvalue weighted by Gasteiger charge is -2.35.